The maximum Gasteiger partial charge on any atom is 0.338 e. The first-order valence-corrected chi connectivity index (χ1v) is 7.83. The number of Topliss-reactive ketones (excluding diaryl/α,β-unsaturated/α-hetero) is 1. The quantitative estimate of drug-likeness (QED) is 0.626. The van der Waals surface area contributed by atoms with Crippen molar-refractivity contribution in [1.29, 1.82) is 0 Å². The van der Waals surface area contributed by atoms with Gasteiger partial charge < -0.3 is 14.2 Å². The Labute approximate surface area is 144 Å². The van der Waals surface area contributed by atoms with Crippen LogP contribution in [0.25, 0.3) is 0 Å². The highest BCUT2D eigenvalue weighted by molar-refractivity contribution is 6.30. The van der Waals surface area contributed by atoms with E-state index in [0.29, 0.717) is 40.9 Å². The summed E-state index contributed by atoms with van der Waals surface area (Å²) < 4.78 is 16.1. The number of benzene rings is 2. The Kier molecular flexibility index (Phi) is 4.71. The smallest absolute Gasteiger partial charge is 0.338 e. The normalized spacial score (nSPS) is 13.9. The third kappa shape index (κ3) is 3.51. The maximum atomic E-state index is 12.3. The van der Waals surface area contributed by atoms with Gasteiger partial charge in [-0.25, -0.2) is 4.79 Å². The minimum absolute atomic E-state index is 0.294. The lowest BCUT2D eigenvalue weighted by atomic mass is 10.1. The number of carbonyl (C=O) groups is 2. The van der Waals surface area contributed by atoms with Crippen molar-refractivity contribution >= 4 is 23.4 Å². The lowest BCUT2D eigenvalue weighted by Gasteiger charge is -2.19. The molecule has 0 radical (unpaired) electrons. The SMILES string of the molecule is C[C@H](OC(=O)c1ccc2c(c1)OCCO2)C(=O)c1ccc(Cl)cc1. The monoisotopic (exact) mass is 346 g/mol. The highest BCUT2D eigenvalue weighted by Gasteiger charge is 2.22. The van der Waals surface area contributed by atoms with Gasteiger partial charge in [-0.05, 0) is 49.4 Å². The zero-order valence-corrected chi connectivity index (χ0v) is 13.7. The van der Waals surface area contributed by atoms with Crippen molar-refractivity contribution in [3.05, 3.63) is 58.6 Å². The summed E-state index contributed by atoms with van der Waals surface area (Å²) in [5.74, 6) is 0.190. The van der Waals surface area contributed by atoms with Crippen LogP contribution in [0.1, 0.15) is 27.6 Å². The zero-order valence-electron chi connectivity index (χ0n) is 13.0. The van der Waals surface area contributed by atoms with Gasteiger partial charge in [0.2, 0.25) is 5.78 Å². The molecule has 24 heavy (non-hydrogen) atoms. The second-order valence-corrected chi connectivity index (χ2v) is 5.71. The Hall–Kier alpha value is -2.53. The topological polar surface area (TPSA) is 61.8 Å². The Morgan fingerprint density at radius 1 is 1.00 bits per heavy atom. The average Bonchev–Trinajstić information content (AvgIpc) is 2.61. The Bertz CT molecular complexity index is 769. The largest absolute Gasteiger partial charge is 0.486 e. The number of rotatable bonds is 4. The minimum Gasteiger partial charge on any atom is -0.486 e. The Morgan fingerprint density at radius 2 is 1.62 bits per heavy atom. The van der Waals surface area contributed by atoms with Crippen LogP contribution in [0.15, 0.2) is 42.5 Å². The molecule has 0 fully saturated rings. The number of carbonyl (C=O) groups excluding carboxylic acids is 2. The van der Waals surface area contributed by atoms with Gasteiger partial charge in [0, 0.05) is 10.6 Å². The van der Waals surface area contributed by atoms with E-state index < -0.39 is 12.1 Å². The first-order valence-electron chi connectivity index (χ1n) is 7.45. The van der Waals surface area contributed by atoms with Gasteiger partial charge in [0.1, 0.15) is 13.2 Å². The van der Waals surface area contributed by atoms with Gasteiger partial charge in [-0.15, -0.1) is 0 Å². The molecule has 0 unspecified atom stereocenters. The lowest BCUT2D eigenvalue weighted by Crippen LogP contribution is -2.24. The van der Waals surface area contributed by atoms with Crippen LogP contribution in [0.2, 0.25) is 5.02 Å². The van der Waals surface area contributed by atoms with Gasteiger partial charge in [-0.3, -0.25) is 4.79 Å². The molecular weight excluding hydrogens is 332 g/mol. The first-order chi connectivity index (χ1) is 11.5. The summed E-state index contributed by atoms with van der Waals surface area (Å²) >= 11 is 5.80. The van der Waals surface area contributed by atoms with Crippen LogP contribution in [0.4, 0.5) is 0 Å². The summed E-state index contributed by atoms with van der Waals surface area (Å²) in [4.78, 5) is 24.5. The summed E-state index contributed by atoms with van der Waals surface area (Å²) in [5.41, 5.74) is 0.733. The molecule has 0 amide bonds. The van der Waals surface area contributed by atoms with Crippen molar-refractivity contribution in [3.63, 3.8) is 0 Å². The van der Waals surface area contributed by atoms with Crippen molar-refractivity contribution in [2.75, 3.05) is 13.2 Å². The van der Waals surface area contributed by atoms with E-state index in [-0.39, 0.29) is 5.78 Å². The second kappa shape index (κ2) is 6.93. The van der Waals surface area contributed by atoms with E-state index in [0.717, 1.165) is 0 Å². The Morgan fingerprint density at radius 3 is 2.33 bits per heavy atom. The van der Waals surface area contributed by atoms with Gasteiger partial charge in [0.15, 0.2) is 17.6 Å². The van der Waals surface area contributed by atoms with Crippen LogP contribution in [-0.4, -0.2) is 31.1 Å². The van der Waals surface area contributed by atoms with Crippen LogP contribution in [0.3, 0.4) is 0 Å². The lowest BCUT2D eigenvalue weighted by molar-refractivity contribution is 0.0318. The molecular formula is C18H15ClO5. The van der Waals surface area contributed by atoms with Gasteiger partial charge in [-0.1, -0.05) is 11.6 Å². The number of fused-ring (bicyclic) bond motifs is 1. The second-order valence-electron chi connectivity index (χ2n) is 5.28. The number of ketones is 1. The van der Waals surface area contributed by atoms with Crippen LogP contribution in [-0.2, 0) is 4.74 Å². The number of hydrogen-bond acceptors (Lipinski definition) is 5. The highest BCUT2D eigenvalue weighted by atomic mass is 35.5. The van der Waals surface area contributed by atoms with E-state index >= 15 is 0 Å². The van der Waals surface area contributed by atoms with Crippen LogP contribution in [0, 0.1) is 0 Å². The van der Waals surface area contributed by atoms with E-state index in [9.17, 15) is 9.59 Å². The van der Waals surface area contributed by atoms with Gasteiger partial charge in [0.25, 0.3) is 0 Å². The van der Waals surface area contributed by atoms with Gasteiger partial charge >= 0.3 is 5.97 Å². The zero-order chi connectivity index (χ0) is 17.1. The molecule has 0 saturated heterocycles. The number of ether oxygens (including phenoxy) is 3. The number of halogens is 1. The molecule has 0 spiro atoms. The molecule has 0 bridgehead atoms. The summed E-state index contributed by atoms with van der Waals surface area (Å²) in [6.45, 7) is 2.44. The molecule has 1 aliphatic heterocycles. The fraction of sp³-hybridized carbons (Fsp3) is 0.222. The predicted octanol–water partition coefficient (Wildman–Crippen LogP) is 3.54. The summed E-state index contributed by atoms with van der Waals surface area (Å²) in [6.07, 6.45) is -0.910. The van der Waals surface area contributed by atoms with Crippen molar-refractivity contribution < 1.29 is 23.8 Å². The molecule has 0 aromatic heterocycles. The van der Waals surface area contributed by atoms with Crippen molar-refractivity contribution in [3.8, 4) is 11.5 Å². The van der Waals surface area contributed by atoms with Gasteiger partial charge in [-0.2, -0.15) is 0 Å². The molecule has 2 aromatic rings. The average molecular weight is 347 g/mol. The van der Waals surface area contributed by atoms with E-state index in [1.54, 1.807) is 42.5 Å². The fourth-order valence-electron chi connectivity index (χ4n) is 2.30. The van der Waals surface area contributed by atoms with Crippen molar-refractivity contribution in [1.82, 2.24) is 0 Å². The molecule has 1 heterocycles. The summed E-state index contributed by atoms with van der Waals surface area (Å²) in [6, 6.07) is 11.2. The molecule has 6 heteroatoms. The Balaban J connectivity index is 1.69. The molecule has 3 rings (SSSR count). The third-order valence-corrected chi connectivity index (χ3v) is 3.81. The summed E-state index contributed by atoms with van der Waals surface area (Å²) in [5, 5.41) is 0.535. The highest BCUT2D eigenvalue weighted by Crippen LogP contribution is 2.31. The van der Waals surface area contributed by atoms with Crippen LogP contribution in [0.5, 0.6) is 11.5 Å². The van der Waals surface area contributed by atoms with Crippen molar-refractivity contribution in [2.24, 2.45) is 0 Å². The van der Waals surface area contributed by atoms with E-state index in [1.165, 1.54) is 6.92 Å². The standard InChI is InChI=1S/C18H15ClO5/c1-11(17(20)12-2-5-14(19)6-3-12)24-18(21)13-4-7-15-16(10-13)23-9-8-22-15/h2-7,10-11H,8-9H2,1H3/t11-/m0/s1. The molecule has 1 aliphatic rings. The maximum absolute atomic E-state index is 12.3. The predicted molar refractivity (Wildman–Crippen MR) is 88.1 cm³/mol. The van der Waals surface area contributed by atoms with Crippen LogP contribution >= 0.6 is 11.6 Å². The third-order valence-electron chi connectivity index (χ3n) is 3.56. The first kappa shape index (κ1) is 16.3. The molecule has 0 aliphatic carbocycles. The minimum atomic E-state index is -0.910. The molecule has 0 saturated carbocycles. The van der Waals surface area contributed by atoms with Crippen LogP contribution < -0.4 is 9.47 Å². The van der Waals surface area contributed by atoms with E-state index in [4.69, 9.17) is 25.8 Å². The summed E-state index contributed by atoms with van der Waals surface area (Å²) in [7, 11) is 0. The number of hydrogen-bond donors (Lipinski definition) is 0. The van der Waals surface area contributed by atoms with Gasteiger partial charge in [0.05, 0.1) is 5.56 Å². The molecule has 1 atom stereocenters. The fourth-order valence-corrected chi connectivity index (χ4v) is 2.43. The van der Waals surface area contributed by atoms with E-state index in [1.807, 2.05) is 0 Å². The van der Waals surface area contributed by atoms with Crippen molar-refractivity contribution in [2.45, 2.75) is 13.0 Å². The molecule has 5 nitrogen and oxygen atoms in total. The molecule has 0 N–H and O–H groups in total. The number of esters is 1. The molecule has 124 valence electrons. The molecule has 2 aromatic carbocycles. The van der Waals surface area contributed by atoms with E-state index in [2.05, 4.69) is 0 Å².